The van der Waals surface area contributed by atoms with Crippen LogP contribution in [0.2, 0.25) is 0 Å². The van der Waals surface area contributed by atoms with Crippen LogP contribution in [0.4, 0.5) is 0 Å². The quantitative estimate of drug-likeness (QED) is 0.333. The van der Waals surface area contributed by atoms with Gasteiger partial charge in [-0.15, -0.1) is 0 Å². The molecule has 0 unspecified atom stereocenters. The minimum atomic E-state index is -1.04. The van der Waals surface area contributed by atoms with E-state index in [0.29, 0.717) is 25.1 Å². The summed E-state index contributed by atoms with van der Waals surface area (Å²) in [6.07, 6.45) is 1.93. The number of carbonyl (C=O) groups is 3. The summed E-state index contributed by atoms with van der Waals surface area (Å²) >= 11 is 1.52. The molecule has 2 amide bonds. The standard InChI is InChI=1S/C25H48N2O5S/c1-22(2,3)12-11-19(28)26-14-13-25(9,10)32-16-24(7,8)21(31)27-18(20(29)30)15-33-17-23(4,5)6/h18H,11-17H2,1-10H3,(H,26,28)(H,27,31)(H,29,30)/t18-/m0/s1. The van der Waals surface area contributed by atoms with Gasteiger partial charge in [-0.05, 0) is 57.1 Å². The zero-order valence-corrected chi connectivity index (χ0v) is 23.3. The number of thioether (sulfide) groups is 1. The molecule has 0 saturated heterocycles. The van der Waals surface area contributed by atoms with Gasteiger partial charge in [-0.25, -0.2) is 4.79 Å². The van der Waals surface area contributed by atoms with Crippen LogP contribution in [-0.2, 0) is 19.1 Å². The van der Waals surface area contributed by atoms with Gasteiger partial charge in [0.2, 0.25) is 11.8 Å². The molecule has 0 fully saturated rings. The van der Waals surface area contributed by atoms with Gasteiger partial charge in [0.15, 0.2) is 0 Å². The van der Waals surface area contributed by atoms with E-state index in [-0.39, 0.29) is 29.3 Å². The van der Waals surface area contributed by atoms with Gasteiger partial charge in [-0.2, -0.15) is 11.8 Å². The molecule has 0 radical (unpaired) electrons. The number of ether oxygens (including phenoxy) is 1. The summed E-state index contributed by atoms with van der Waals surface area (Å²) in [5.41, 5.74) is -1.22. The Labute approximate surface area is 205 Å². The molecule has 0 aromatic heterocycles. The summed E-state index contributed by atoms with van der Waals surface area (Å²) in [5.74, 6) is -0.235. The Morgan fingerprint density at radius 2 is 1.48 bits per heavy atom. The molecular formula is C25H48N2O5S. The zero-order valence-electron chi connectivity index (χ0n) is 22.5. The van der Waals surface area contributed by atoms with Crippen LogP contribution in [0.15, 0.2) is 0 Å². The van der Waals surface area contributed by atoms with E-state index in [1.165, 1.54) is 11.8 Å². The van der Waals surface area contributed by atoms with Gasteiger partial charge >= 0.3 is 5.97 Å². The number of nitrogens with one attached hydrogen (secondary N) is 2. The summed E-state index contributed by atoms with van der Waals surface area (Å²) in [4.78, 5) is 36.4. The first-order valence-corrected chi connectivity index (χ1v) is 12.9. The minimum absolute atomic E-state index is 0.0319. The number of rotatable bonds is 14. The van der Waals surface area contributed by atoms with E-state index < -0.39 is 23.0 Å². The van der Waals surface area contributed by atoms with Crippen LogP contribution in [0.5, 0.6) is 0 Å². The summed E-state index contributed by atoms with van der Waals surface area (Å²) in [5, 5.41) is 15.1. The van der Waals surface area contributed by atoms with Crippen molar-refractivity contribution in [1.29, 1.82) is 0 Å². The molecule has 0 aliphatic carbocycles. The van der Waals surface area contributed by atoms with Gasteiger partial charge in [0, 0.05) is 18.7 Å². The zero-order chi connectivity index (χ0) is 26.1. The first kappa shape index (κ1) is 31.7. The Hall–Kier alpha value is -1.28. The molecule has 7 nitrogen and oxygen atoms in total. The van der Waals surface area contributed by atoms with E-state index in [0.717, 1.165) is 12.2 Å². The fourth-order valence-electron chi connectivity index (χ4n) is 2.60. The number of aliphatic carboxylic acids is 1. The Bertz CT molecular complexity index is 648. The molecular weight excluding hydrogens is 440 g/mol. The van der Waals surface area contributed by atoms with Crippen LogP contribution in [0.3, 0.4) is 0 Å². The van der Waals surface area contributed by atoms with E-state index in [1.54, 1.807) is 13.8 Å². The molecule has 0 bridgehead atoms. The van der Waals surface area contributed by atoms with Crippen LogP contribution >= 0.6 is 11.8 Å². The van der Waals surface area contributed by atoms with Gasteiger partial charge in [0.1, 0.15) is 6.04 Å². The lowest BCUT2D eigenvalue weighted by atomic mass is 9.90. The lowest BCUT2D eigenvalue weighted by Gasteiger charge is -2.32. The molecule has 0 aromatic rings. The third-order valence-electron chi connectivity index (χ3n) is 5.01. The van der Waals surface area contributed by atoms with Crippen LogP contribution in [0.25, 0.3) is 0 Å². The van der Waals surface area contributed by atoms with Crippen molar-refractivity contribution in [3.63, 3.8) is 0 Å². The normalized spacial score (nSPS) is 14.0. The average molecular weight is 489 g/mol. The Morgan fingerprint density at radius 1 is 0.909 bits per heavy atom. The molecule has 0 saturated carbocycles. The monoisotopic (exact) mass is 488 g/mol. The lowest BCUT2D eigenvalue weighted by Crippen LogP contribution is -2.50. The number of carboxylic acid groups (broad SMARTS) is 1. The van der Waals surface area contributed by atoms with Gasteiger partial charge in [-0.3, -0.25) is 9.59 Å². The number of carbonyl (C=O) groups excluding carboxylic acids is 2. The summed E-state index contributed by atoms with van der Waals surface area (Å²) < 4.78 is 6.01. The maximum absolute atomic E-state index is 12.8. The Kier molecular flexibility index (Phi) is 12.5. The van der Waals surface area contributed by atoms with Gasteiger partial charge in [0.25, 0.3) is 0 Å². The van der Waals surface area contributed by atoms with Crippen molar-refractivity contribution >= 4 is 29.5 Å². The maximum atomic E-state index is 12.8. The molecule has 33 heavy (non-hydrogen) atoms. The second kappa shape index (κ2) is 13.0. The summed E-state index contributed by atoms with van der Waals surface area (Å²) in [7, 11) is 0. The molecule has 0 aliphatic heterocycles. The largest absolute Gasteiger partial charge is 0.480 e. The minimum Gasteiger partial charge on any atom is -0.480 e. The van der Waals surface area contributed by atoms with Crippen molar-refractivity contribution in [3.05, 3.63) is 0 Å². The van der Waals surface area contributed by atoms with E-state index in [9.17, 15) is 19.5 Å². The highest BCUT2D eigenvalue weighted by Gasteiger charge is 2.34. The topological polar surface area (TPSA) is 105 Å². The van der Waals surface area contributed by atoms with Crippen molar-refractivity contribution in [3.8, 4) is 0 Å². The highest BCUT2D eigenvalue weighted by atomic mass is 32.2. The molecule has 0 aliphatic rings. The van der Waals surface area contributed by atoms with Gasteiger partial charge < -0.3 is 20.5 Å². The van der Waals surface area contributed by atoms with E-state index in [2.05, 4.69) is 52.2 Å². The smallest absolute Gasteiger partial charge is 0.327 e. The molecule has 0 heterocycles. The predicted octanol–water partition coefficient (Wildman–Crippen LogP) is 4.49. The maximum Gasteiger partial charge on any atom is 0.327 e. The van der Waals surface area contributed by atoms with Crippen molar-refractivity contribution in [1.82, 2.24) is 10.6 Å². The van der Waals surface area contributed by atoms with Crippen LogP contribution in [-0.4, -0.2) is 59.2 Å². The van der Waals surface area contributed by atoms with Crippen LogP contribution in [0, 0.1) is 16.2 Å². The van der Waals surface area contributed by atoms with Gasteiger partial charge in [0.05, 0.1) is 17.6 Å². The summed E-state index contributed by atoms with van der Waals surface area (Å²) in [6, 6.07) is -0.944. The highest BCUT2D eigenvalue weighted by Crippen LogP contribution is 2.24. The second-order valence-corrected chi connectivity index (χ2v) is 13.6. The SMILES string of the molecule is CC(C)(C)CCC(=O)NCCC(C)(C)OCC(C)(C)C(=O)N[C@@H](CSCC(C)(C)C)C(=O)O. The first-order chi connectivity index (χ1) is 14.7. The third-order valence-corrected chi connectivity index (χ3v) is 6.65. The molecule has 3 N–H and O–H groups in total. The number of amides is 2. The van der Waals surface area contributed by atoms with Crippen molar-refractivity contribution in [2.75, 3.05) is 24.7 Å². The van der Waals surface area contributed by atoms with E-state index in [4.69, 9.17) is 4.74 Å². The fraction of sp³-hybridized carbons (Fsp3) is 0.880. The molecule has 0 aromatic carbocycles. The Balaban J connectivity index is 4.61. The molecule has 1 atom stereocenters. The number of hydrogen-bond donors (Lipinski definition) is 3. The van der Waals surface area contributed by atoms with Crippen molar-refractivity contribution in [2.45, 2.75) is 100 Å². The van der Waals surface area contributed by atoms with E-state index in [1.807, 2.05) is 13.8 Å². The third kappa shape index (κ3) is 16.1. The lowest BCUT2D eigenvalue weighted by molar-refractivity contribution is -0.145. The molecule has 0 rings (SSSR count). The predicted molar refractivity (Wildman–Crippen MR) is 136 cm³/mol. The highest BCUT2D eigenvalue weighted by molar-refractivity contribution is 7.99. The fourth-order valence-corrected chi connectivity index (χ4v) is 3.80. The van der Waals surface area contributed by atoms with Crippen molar-refractivity contribution in [2.24, 2.45) is 16.2 Å². The first-order valence-electron chi connectivity index (χ1n) is 11.8. The molecule has 194 valence electrons. The average Bonchev–Trinajstić information content (AvgIpc) is 2.62. The molecule has 0 spiro atoms. The second-order valence-electron chi connectivity index (χ2n) is 12.5. The van der Waals surface area contributed by atoms with E-state index >= 15 is 0 Å². The Morgan fingerprint density at radius 3 is 1.97 bits per heavy atom. The van der Waals surface area contributed by atoms with Gasteiger partial charge in [-0.1, -0.05) is 41.5 Å². The summed E-state index contributed by atoms with van der Waals surface area (Å²) in [6.45, 7) is 20.6. The molecule has 8 heteroatoms. The number of hydrogen-bond acceptors (Lipinski definition) is 5. The van der Waals surface area contributed by atoms with Crippen LogP contribution in [0.1, 0.15) is 88.5 Å². The van der Waals surface area contributed by atoms with Crippen LogP contribution < -0.4 is 10.6 Å². The number of carboxylic acids is 1. The van der Waals surface area contributed by atoms with Crippen molar-refractivity contribution < 1.29 is 24.2 Å².